The van der Waals surface area contributed by atoms with E-state index < -0.39 is 0 Å². The lowest BCUT2D eigenvalue weighted by Gasteiger charge is -2.01. The van der Waals surface area contributed by atoms with E-state index in [0.29, 0.717) is 0 Å². The van der Waals surface area contributed by atoms with Gasteiger partial charge in [0.2, 0.25) is 0 Å². The summed E-state index contributed by atoms with van der Waals surface area (Å²) in [6.45, 7) is 2.03. The van der Waals surface area contributed by atoms with Crippen molar-refractivity contribution in [3.63, 3.8) is 0 Å². The van der Waals surface area contributed by atoms with Gasteiger partial charge in [-0.05, 0) is 52.6 Å². The fourth-order valence-electron chi connectivity index (χ4n) is 1.25. The third kappa shape index (κ3) is 1.77. The van der Waals surface area contributed by atoms with Crippen LogP contribution in [-0.4, -0.2) is 0 Å². The molecule has 0 spiro atoms. The van der Waals surface area contributed by atoms with Crippen LogP contribution in [0.25, 0.3) is 11.1 Å². The standard InChI is InChI=1S/C11H9ClS/c1-8-6-9(2-3-11(8)12)10-4-5-13-7-10/h2-7H,1H3. The van der Waals surface area contributed by atoms with E-state index in [0.717, 1.165) is 10.6 Å². The highest BCUT2D eigenvalue weighted by atomic mass is 35.5. The first-order chi connectivity index (χ1) is 6.27. The van der Waals surface area contributed by atoms with Crippen LogP contribution in [0.15, 0.2) is 35.0 Å². The summed E-state index contributed by atoms with van der Waals surface area (Å²) in [5.41, 5.74) is 3.64. The summed E-state index contributed by atoms with van der Waals surface area (Å²) < 4.78 is 0. The number of hydrogen-bond donors (Lipinski definition) is 0. The van der Waals surface area contributed by atoms with Gasteiger partial charge in [0.05, 0.1) is 0 Å². The maximum atomic E-state index is 5.94. The van der Waals surface area contributed by atoms with Crippen LogP contribution in [0.1, 0.15) is 5.56 Å². The fraction of sp³-hybridized carbons (Fsp3) is 0.0909. The lowest BCUT2D eigenvalue weighted by molar-refractivity contribution is 1.47. The van der Waals surface area contributed by atoms with Gasteiger partial charge in [-0.15, -0.1) is 0 Å². The summed E-state index contributed by atoms with van der Waals surface area (Å²) in [4.78, 5) is 0. The molecule has 0 amide bonds. The van der Waals surface area contributed by atoms with Crippen molar-refractivity contribution in [1.29, 1.82) is 0 Å². The van der Waals surface area contributed by atoms with Crippen LogP contribution in [0.4, 0.5) is 0 Å². The summed E-state index contributed by atoms with van der Waals surface area (Å²) in [5, 5.41) is 5.06. The second-order valence-electron chi connectivity index (χ2n) is 2.98. The van der Waals surface area contributed by atoms with Gasteiger partial charge >= 0.3 is 0 Å². The molecule has 2 heteroatoms. The van der Waals surface area contributed by atoms with E-state index in [-0.39, 0.29) is 0 Å². The Morgan fingerprint density at radius 2 is 2.00 bits per heavy atom. The molecule has 1 aromatic heterocycles. The quantitative estimate of drug-likeness (QED) is 0.653. The topological polar surface area (TPSA) is 0 Å². The molecule has 0 saturated carbocycles. The minimum absolute atomic E-state index is 0.832. The van der Waals surface area contributed by atoms with Gasteiger partial charge in [-0.3, -0.25) is 0 Å². The van der Waals surface area contributed by atoms with E-state index in [1.54, 1.807) is 11.3 Å². The van der Waals surface area contributed by atoms with Crippen LogP contribution >= 0.6 is 22.9 Å². The molecular formula is C11H9ClS. The van der Waals surface area contributed by atoms with Gasteiger partial charge in [0, 0.05) is 5.02 Å². The number of benzene rings is 1. The zero-order valence-electron chi connectivity index (χ0n) is 7.25. The first kappa shape index (κ1) is 8.79. The van der Waals surface area contributed by atoms with E-state index >= 15 is 0 Å². The van der Waals surface area contributed by atoms with Crippen molar-refractivity contribution < 1.29 is 0 Å². The van der Waals surface area contributed by atoms with Crippen molar-refractivity contribution in [2.75, 3.05) is 0 Å². The summed E-state index contributed by atoms with van der Waals surface area (Å²) in [7, 11) is 0. The molecule has 2 aromatic rings. The molecule has 0 fully saturated rings. The van der Waals surface area contributed by atoms with Crippen LogP contribution in [0.3, 0.4) is 0 Å². The Kier molecular flexibility index (Phi) is 2.38. The van der Waals surface area contributed by atoms with Crippen LogP contribution in [-0.2, 0) is 0 Å². The molecule has 1 aromatic carbocycles. The predicted molar refractivity (Wildman–Crippen MR) is 59.5 cm³/mol. The Bertz CT molecular complexity index is 404. The first-order valence-corrected chi connectivity index (χ1v) is 5.38. The van der Waals surface area contributed by atoms with Gasteiger partial charge in [-0.25, -0.2) is 0 Å². The van der Waals surface area contributed by atoms with Crippen LogP contribution in [0.5, 0.6) is 0 Å². The summed E-state index contributed by atoms with van der Waals surface area (Å²) >= 11 is 7.66. The maximum Gasteiger partial charge on any atom is 0.0435 e. The third-order valence-corrected chi connectivity index (χ3v) is 3.12. The Morgan fingerprint density at radius 1 is 1.15 bits per heavy atom. The van der Waals surface area contributed by atoms with E-state index in [4.69, 9.17) is 11.6 Å². The third-order valence-electron chi connectivity index (χ3n) is 2.01. The normalized spacial score (nSPS) is 10.3. The molecule has 66 valence electrons. The van der Waals surface area contributed by atoms with Gasteiger partial charge in [-0.2, -0.15) is 11.3 Å². The summed E-state index contributed by atoms with van der Waals surface area (Å²) in [6.07, 6.45) is 0. The predicted octanol–water partition coefficient (Wildman–Crippen LogP) is 4.38. The van der Waals surface area contributed by atoms with Crippen molar-refractivity contribution in [1.82, 2.24) is 0 Å². The van der Waals surface area contributed by atoms with Crippen molar-refractivity contribution in [2.24, 2.45) is 0 Å². The minimum atomic E-state index is 0.832. The molecular weight excluding hydrogens is 200 g/mol. The summed E-state index contributed by atoms with van der Waals surface area (Å²) in [6, 6.07) is 8.24. The molecule has 0 aliphatic rings. The van der Waals surface area contributed by atoms with Crippen LogP contribution in [0, 0.1) is 6.92 Å². The van der Waals surface area contributed by atoms with Crippen molar-refractivity contribution in [2.45, 2.75) is 6.92 Å². The fourth-order valence-corrected chi connectivity index (χ4v) is 2.04. The molecule has 0 unspecified atom stereocenters. The van der Waals surface area contributed by atoms with Crippen molar-refractivity contribution in [3.05, 3.63) is 45.6 Å². The molecule has 0 N–H and O–H groups in total. The maximum absolute atomic E-state index is 5.94. The van der Waals surface area contributed by atoms with E-state index in [9.17, 15) is 0 Å². The zero-order chi connectivity index (χ0) is 9.26. The number of aryl methyl sites for hydroxylation is 1. The molecule has 0 aliphatic heterocycles. The van der Waals surface area contributed by atoms with Gasteiger partial charge < -0.3 is 0 Å². The zero-order valence-corrected chi connectivity index (χ0v) is 8.82. The highest BCUT2D eigenvalue weighted by molar-refractivity contribution is 7.08. The average molecular weight is 209 g/mol. The molecule has 13 heavy (non-hydrogen) atoms. The number of rotatable bonds is 1. The number of thiophene rings is 1. The molecule has 0 aliphatic carbocycles. The van der Waals surface area contributed by atoms with Crippen LogP contribution < -0.4 is 0 Å². The molecule has 2 rings (SSSR count). The Labute approximate surface area is 86.8 Å². The molecule has 1 heterocycles. The van der Waals surface area contributed by atoms with Gasteiger partial charge in [-0.1, -0.05) is 17.7 Å². The summed E-state index contributed by atoms with van der Waals surface area (Å²) in [5.74, 6) is 0. The van der Waals surface area contributed by atoms with Crippen molar-refractivity contribution in [3.8, 4) is 11.1 Å². The van der Waals surface area contributed by atoms with Crippen LogP contribution in [0.2, 0.25) is 5.02 Å². The Balaban J connectivity index is 2.49. The minimum Gasteiger partial charge on any atom is -0.152 e. The monoisotopic (exact) mass is 208 g/mol. The molecule has 0 saturated heterocycles. The van der Waals surface area contributed by atoms with E-state index in [1.165, 1.54) is 11.1 Å². The number of halogens is 1. The average Bonchev–Trinajstić information content (AvgIpc) is 2.62. The van der Waals surface area contributed by atoms with E-state index in [2.05, 4.69) is 29.0 Å². The smallest absolute Gasteiger partial charge is 0.0435 e. The Hall–Kier alpha value is -0.790. The highest BCUT2D eigenvalue weighted by Crippen LogP contribution is 2.26. The van der Waals surface area contributed by atoms with Gasteiger partial charge in [0.25, 0.3) is 0 Å². The largest absolute Gasteiger partial charge is 0.152 e. The molecule has 0 bridgehead atoms. The second-order valence-corrected chi connectivity index (χ2v) is 4.16. The second kappa shape index (κ2) is 3.52. The SMILES string of the molecule is Cc1cc(-c2ccsc2)ccc1Cl. The highest BCUT2D eigenvalue weighted by Gasteiger charge is 2.00. The molecule has 0 radical (unpaired) electrons. The van der Waals surface area contributed by atoms with Crippen molar-refractivity contribution >= 4 is 22.9 Å². The lowest BCUT2D eigenvalue weighted by atomic mass is 10.1. The van der Waals surface area contributed by atoms with Gasteiger partial charge in [0.1, 0.15) is 0 Å². The first-order valence-electron chi connectivity index (χ1n) is 4.06. The molecule has 0 nitrogen and oxygen atoms in total. The number of hydrogen-bond acceptors (Lipinski definition) is 1. The van der Waals surface area contributed by atoms with E-state index in [1.807, 2.05) is 13.0 Å². The lowest BCUT2D eigenvalue weighted by Crippen LogP contribution is -1.77. The van der Waals surface area contributed by atoms with Gasteiger partial charge in [0.15, 0.2) is 0 Å². The Morgan fingerprint density at radius 3 is 2.62 bits per heavy atom. The molecule has 0 atom stereocenters.